The second-order valence-corrected chi connectivity index (χ2v) is 8.54. The molecule has 0 saturated heterocycles. The van der Waals surface area contributed by atoms with Crippen molar-refractivity contribution < 1.29 is 19.0 Å². The van der Waals surface area contributed by atoms with Crippen molar-refractivity contribution in [2.45, 2.75) is 19.8 Å². The molecule has 0 aromatic heterocycles. The lowest BCUT2D eigenvalue weighted by atomic mass is 9.91. The summed E-state index contributed by atoms with van der Waals surface area (Å²) in [6, 6.07) is 18.9. The van der Waals surface area contributed by atoms with Crippen LogP contribution in [-0.4, -0.2) is 37.8 Å². The predicted octanol–water partition coefficient (Wildman–Crippen LogP) is 4.98. The van der Waals surface area contributed by atoms with Crippen molar-refractivity contribution in [3.63, 3.8) is 0 Å². The number of fused-ring (bicyclic) bond motifs is 1. The number of benzene rings is 3. The Balaban J connectivity index is 1.44. The number of aryl methyl sites for hydroxylation is 1. The van der Waals surface area contributed by atoms with Gasteiger partial charge >= 0.3 is 5.97 Å². The zero-order valence-corrected chi connectivity index (χ0v) is 19.0. The average molecular weight is 449 g/mol. The normalized spacial score (nSPS) is 15.2. The highest BCUT2D eigenvalue weighted by Crippen LogP contribution is 2.36. The highest BCUT2D eigenvalue weighted by atomic mass is 19.1. The van der Waals surface area contributed by atoms with Crippen LogP contribution in [0.25, 0.3) is 0 Å². The van der Waals surface area contributed by atoms with Gasteiger partial charge in [-0.05, 0) is 85.8 Å². The molecule has 4 rings (SSSR count). The van der Waals surface area contributed by atoms with Crippen LogP contribution in [-0.2, 0) is 12.8 Å². The molecule has 3 aromatic rings. The van der Waals surface area contributed by atoms with Gasteiger partial charge < -0.3 is 20.1 Å². The molecule has 0 radical (unpaired) electrons. The van der Waals surface area contributed by atoms with Gasteiger partial charge in [0, 0.05) is 17.9 Å². The maximum absolute atomic E-state index is 13.6. The summed E-state index contributed by atoms with van der Waals surface area (Å²) >= 11 is 0. The van der Waals surface area contributed by atoms with Crippen LogP contribution in [0.3, 0.4) is 0 Å². The van der Waals surface area contributed by atoms with Gasteiger partial charge in [0.15, 0.2) is 11.6 Å². The summed E-state index contributed by atoms with van der Waals surface area (Å²) in [7, 11) is 1.47. The quantitative estimate of drug-likeness (QED) is 0.476. The molecule has 0 amide bonds. The lowest BCUT2D eigenvalue weighted by Gasteiger charge is -2.36. The molecule has 1 atom stereocenters. The lowest BCUT2D eigenvalue weighted by molar-refractivity contribution is 0.0696. The maximum Gasteiger partial charge on any atom is 0.336 e. The van der Waals surface area contributed by atoms with E-state index in [4.69, 9.17) is 4.74 Å². The van der Waals surface area contributed by atoms with Crippen molar-refractivity contribution in [2.75, 3.05) is 31.6 Å². The monoisotopic (exact) mass is 448 g/mol. The lowest BCUT2D eigenvalue weighted by Crippen LogP contribution is -2.38. The third-order valence-corrected chi connectivity index (χ3v) is 6.23. The van der Waals surface area contributed by atoms with E-state index in [0.717, 1.165) is 55.0 Å². The van der Waals surface area contributed by atoms with Crippen molar-refractivity contribution >= 4 is 17.3 Å². The maximum atomic E-state index is 13.6. The van der Waals surface area contributed by atoms with Crippen molar-refractivity contribution in [2.24, 2.45) is 5.92 Å². The Bertz CT molecular complexity index is 1150. The summed E-state index contributed by atoms with van der Waals surface area (Å²) in [5.74, 6) is -0.615. The van der Waals surface area contributed by atoms with E-state index in [1.807, 2.05) is 31.2 Å². The molecule has 6 heteroatoms. The van der Waals surface area contributed by atoms with Crippen LogP contribution in [0.5, 0.6) is 5.75 Å². The van der Waals surface area contributed by atoms with Gasteiger partial charge in [-0.3, -0.25) is 0 Å². The Hall–Kier alpha value is -3.38. The van der Waals surface area contributed by atoms with E-state index < -0.39 is 5.97 Å². The molecular weight excluding hydrogens is 419 g/mol. The molecule has 1 heterocycles. The van der Waals surface area contributed by atoms with Crippen molar-refractivity contribution in [3.8, 4) is 5.75 Å². The number of rotatable bonds is 8. The largest absolute Gasteiger partial charge is 0.494 e. The Morgan fingerprint density at radius 1 is 1.18 bits per heavy atom. The van der Waals surface area contributed by atoms with Crippen LogP contribution in [0.1, 0.15) is 27.0 Å². The average Bonchev–Trinajstić information content (AvgIpc) is 2.82. The Morgan fingerprint density at radius 3 is 2.79 bits per heavy atom. The number of nitrogens with one attached hydrogen (secondary N) is 1. The van der Waals surface area contributed by atoms with Crippen LogP contribution >= 0.6 is 0 Å². The molecule has 1 aliphatic heterocycles. The number of aromatic carboxylic acids is 1. The molecular formula is C27H29FN2O3. The number of methoxy groups -OCH3 is 1. The fourth-order valence-corrected chi connectivity index (χ4v) is 4.47. The topological polar surface area (TPSA) is 61.8 Å². The number of nitrogens with zero attached hydrogens (tertiary/aromatic N) is 1. The van der Waals surface area contributed by atoms with E-state index in [9.17, 15) is 14.3 Å². The van der Waals surface area contributed by atoms with Crippen molar-refractivity contribution in [1.29, 1.82) is 0 Å². The van der Waals surface area contributed by atoms with Crippen LogP contribution in [0.15, 0.2) is 60.7 Å². The first-order valence-corrected chi connectivity index (χ1v) is 11.2. The number of ether oxygens (including phenoxy) is 1. The zero-order chi connectivity index (χ0) is 23.4. The first-order chi connectivity index (χ1) is 16.0. The summed E-state index contributed by atoms with van der Waals surface area (Å²) in [5, 5.41) is 13.1. The van der Waals surface area contributed by atoms with Gasteiger partial charge in [0.05, 0.1) is 12.7 Å². The smallest absolute Gasteiger partial charge is 0.336 e. The number of carboxylic acids is 1. The molecule has 0 spiro atoms. The highest BCUT2D eigenvalue weighted by Gasteiger charge is 2.25. The Morgan fingerprint density at radius 2 is 2.00 bits per heavy atom. The molecule has 0 aliphatic carbocycles. The molecule has 172 valence electrons. The fraction of sp³-hybridized carbons (Fsp3) is 0.296. The number of carbonyl (C=O) groups is 1. The van der Waals surface area contributed by atoms with Crippen molar-refractivity contribution in [3.05, 3.63) is 88.7 Å². The first-order valence-electron chi connectivity index (χ1n) is 11.2. The number of anilines is 2. The van der Waals surface area contributed by atoms with Crippen LogP contribution in [0.4, 0.5) is 15.8 Å². The second kappa shape index (κ2) is 10.0. The van der Waals surface area contributed by atoms with E-state index in [-0.39, 0.29) is 11.6 Å². The number of carboxylic acid groups (broad SMARTS) is 1. The molecule has 1 aliphatic rings. The van der Waals surface area contributed by atoms with Gasteiger partial charge in [-0.25, -0.2) is 9.18 Å². The molecule has 3 aromatic carbocycles. The third-order valence-electron chi connectivity index (χ3n) is 6.23. The van der Waals surface area contributed by atoms with Gasteiger partial charge in [0.1, 0.15) is 0 Å². The molecule has 0 saturated carbocycles. The molecule has 5 nitrogen and oxygen atoms in total. The first kappa shape index (κ1) is 22.8. The summed E-state index contributed by atoms with van der Waals surface area (Å²) in [6.45, 7) is 4.23. The van der Waals surface area contributed by atoms with E-state index in [2.05, 4.69) is 22.3 Å². The van der Waals surface area contributed by atoms with Gasteiger partial charge in [-0.15, -0.1) is 0 Å². The SMILES string of the molecule is COc1cc(CCNCC2Cc3ccccc3N(c3ccc(C)c(C(=O)O)c3)C2)ccc1F. The second-order valence-electron chi connectivity index (χ2n) is 8.54. The van der Waals surface area contributed by atoms with Gasteiger partial charge in [0.2, 0.25) is 0 Å². The van der Waals surface area contributed by atoms with E-state index >= 15 is 0 Å². The van der Waals surface area contributed by atoms with Gasteiger partial charge in [0.25, 0.3) is 0 Å². The minimum absolute atomic E-state index is 0.269. The summed E-state index contributed by atoms with van der Waals surface area (Å²) < 4.78 is 18.7. The van der Waals surface area contributed by atoms with E-state index in [1.54, 1.807) is 18.2 Å². The predicted molar refractivity (Wildman–Crippen MR) is 128 cm³/mol. The van der Waals surface area contributed by atoms with Crippen molar-refractivity contribution in [1.82, 2.24) is 5.32 Å². The molecule has 33 heavy (non-hydrogen) atoms. The van der Waals surface area contributed by atoms with Gasteiger partial charge in [-0.1, -0.05) is 30.3 Å². The molecule has 0 fully saturated rings. The highest BCUT2D eigenvalue weighted by molar-refractivity contribution is 5.91. The summed E-state index contributed by atoms with van der Waals surface area (Å²) in [4.78, 5) is 13.9. The zero-order valence-electron chi connectivity index (χ0n) is 19.0. The standard InChI is InChI=1S/C27H29FN2O3/c1-18-7-9-22(15-23(18)27(31)32)30-17-20(13-21-5-3-4-6-25(21)30)16-29-12-11-19-8-10-24(28)26(14-19)33-2/h3-10,14-15,20,29H,11-13,16-17H2,1-2H3,(H,31,32). The molecule has 2 N–H and O–H groups in total. The fourth-order valence-electron chi connectivity index (χ4n) is 4.47. The molecule has 0 bridgehead atoms. The number of hydrogen-bond donors (Lipinski definition) is 2. The van der Waals surface area contributed by atoms with E-state index in [1.165, 1.54) is 18.7 Å². The minimum atomic E-state index is -0.907. The molecule has 1 unspecified atom stereocenters. The number of para-hydroxylation sites is 1. The Kier molecular flexibility index (Phi) is 6.94. The van der Waals surface area contributed by atoms with Gasteiger partial charge in [-0.2, -0.15) is 0 Å². The number of hydrogen-bond acceptors (Lipinski definition) is 4. The van der Waals surface area contributed by atoms with Crippen LogP contribution in [0.2, 0.25) is 0 Å². The summed E-state index contributed by atoms with van der Waals surface area (Å²) in [5.41, 5.74) is 5.40. The van der Waals surface area contributed by atoms with Crippen LogP contribution in [0, 0.1) is 18.7 Å². The minimum Gasteiger partial charge on any atom is -0.494 e. The third kappa shape index (κ3) is 5.17. The Labute approximate surface area is 193 Å². The number of halogens is 1. The van der Waals surface area contributed by atoms with E-state index in [0.29, 0.717) is 11.5 Å². The van der Waals surface area contributed by atoms with Crippen LogP contribution < -0.4 is 15.0 Å². The summed E-state index contributed by atoms with van der Waals surface area (Å²) in [6.07, 6.45) is 1.74.